The molecule has 8 heteroatoms. The van der Waals surface area contributed by atoms with Crippen molar-refractivity contribution in [3.63, 3.8) is 0 Å². The summed E-state index contributed by atoms with van der Waals surface area (Å²) in [5.74, 6) is -0.931. The number of benzene rings is 1. The fraction of sp³-hybridized carbons (Fsp3) is 0.471. The van der Waals surface area contributed by atoms with Crippen LogP contribution in [0.4, 0.5) is 5.69 Å². The highest BCUT2D eigenvalue weighted by Gasteiger charge is 2.41. The molecule has 1 heterocycles. The van der Waals surface area contributed by atoms with Crippen LogP contribution in [0.2, 0.25) is 5.02 Å². The summed E-state index contributed by atoms with van der Waals surface area (Å²) in [6.45, 7) is 3.62. The Morgan fingerprint density at radius 3 is 2.64 bits per heavy atom. The highest BCUT2D eigenvalue weighted by atomic mass is 35.5. The molecule has 0 atom stereocenters. The molecule has 1 aromatic carbocycles. The zero-order valence-electron chi connectivity index (χ0n) is 14.4. The number of aliphatic carboxylic acids is 1. The van der Waals surface area contributed by atoms with Crippen molar-refractivity contribution in [2.24, 2.45) is 0 Å². The summed E-state index contributed by atoms with van der Waals surface area (Å²) in [5.41, 5.74) is -0.517. The maximum absolute atomic E-state index is 12.7. The molecule has 0 aromatic heterocycles. The lowest BCUT2D eigenvalue weighted by Gasteiger charge is -2.39. The summed E-state index contributed by atoms with van der Waals surface area (Å²) < 4.78 is 5.73. The summed E-state index contributed by atoms with van der Waals surface area (Å²) >= 11 is 6.02. The van der Waals surface area contributed by atoms with E-state index in [-0.39, 0.29) is 37.7 Å². The molecule has 0 spiro atoms. The van der Waals surface area contributed by atoms with E-state index in [0.29, 0.717) is 16.5 Å². The van der Waals surface area contributed by atoms with E-state index in [1.165, 1.54) is 9.80 Å². The number of fused-ring (bicyclic) bond motifs is 1. The molecular weight excluding hydrogens is 348 g/mol. The van der Waals surface area contributed by atoms with Crippen molar-refractivity contribution in [3.8, 4) is 5.75 Å². The molecule has 1 aliphatic rings. The van der Waals surface area contributed by atoms with Crippen LogP contribution in [0, 0.1) is 0 Å². The Kier molecular flexibility index (Phi) is 5.57. The third-order valence-electron chi connectivity index (χ3n) is 3.97. The van der Waals surface area contributed by atoms with Gasteiger partial charge >= 0.3 is 5.97 Å². The summed E-state index contributed by atoms with van der Waals surface area (Å²) in [5, 5.41) is 9.15. The summed E-state index contributed by atoms with van der Waals surface area (Å²) in [7, 11) is 1.54. The number of carbonyl (C=O) groups excluding carboxylic acids is 2. The van der Waals surface area contributed by atoms with Crippen LogP contribution in [0.1, 0.15) is 26.7 Å². The smallest absolute Gasteiger partial charge is 0.305 e. The molecule has 0 unspecified atom stereocenters. The van der Waals surface area contributed by atoms with Gasteiger partial charge in [-0.25, -0.2) is 0 Å². The Balaban J connectivity index is 2.12. The minimum absolute atomic E-state index is 0.0733. The predicted octanol–water partition coefficient (Wildman–Crippen LogP) is 2.17. The number of carboxylic acid groups (broad SMARTS) is 1. The molecule has 7 nitrogen and oxygen atoms in total. The topological polar surface area (TPSA) is 87.2 Å². The molecule has 0 radical (unpaired) electrons. The Morgan fingerprint density at radius 1 is 1.32 bits per heavy atom. The first-order chi connectivity index (χ1) is 11.6. The second kappa shape index (κ2) is 7.31. The van der Waals surface area contributed by atoms with E-state index in [9.17, 15) is 14.4 Å². The van der Waals surface area contributed by atoms with Crippen LogP contribution in [0.3, 0.4) is 0 Å². The molecule has 1 N–H and O–H groups in total. The van der Waals surface area contributed by atoms with E-state index < -0.39 is 11.6 Å². The normalized spacial score (nSPS) is 15.4. The summed E-state index contributed by atoms with van der Waals surface area (Å²) in [6, 6.07) is 5.00. The fourth-order valence-corrected chi connectivity index (χ4v) is 2.72. The number of carbonyl (C=O) groups is 3. The number of ether oxygens (including phenoxy) is 1. The van der Waals surface area contributed by atoms with E-state index in [0.717, 1.165) is 0 Å². The van der Waals surface area contributed by atoms with Gasteiger partial charge in [-0.15, -0.1) is 0 Å². The molecule has 0 saturated heterocycles. The van der Waals surface area contributed by atoms with Crippen LogP contribution in [-0.4, -0.2) is 53.5 Å². The van der Waals surface area contributed by atoms with Crippen LogP contribution in [0.25, 0.3) is 0 Å². The first-order valence-electron chi connectivity index (χ1n) is 7.88. The number of halogens is 1. The van der Waals surface area contributed by atoms with Gasteiger partial charge in [0.25, 0.3) is 5.91 Å². The van der Waals surface area contributed by atoms with E-state index >= 15 is 0 Å². The third kappa shape index (κ3) is 4.42. The number of hydrogen-bond donors (Lipinski definition) is 1. The van der Waals surface area contributed by atoms with Gasteiger partial charge < -0.3 is 19.6 Å². The van der Waals surface area contributed by atoms with E-state index in [1.807, 2.05) is 0 Å². The molecule has 0 fully saturated rings. The van der Waals surface area contributed by atoms with Gasteiger partial charge in [-0.05, 0) is 32.0 Å². The SMILES string of the molecule is CN(CCC(=O)O)C(=O)CCN1C(=O)C(C)(C)Oc2ccc(Cl)cc21. The molecule has 1 aliphatic heterocycles. The Hall–Kier alpha value is -2.28. The second-order valence-corrected chi connectivity index (χ2v) is 6.83. The lowest BCUT2D eigenvalue weighted by molar-refractivity contribution is -0.138. The second-order valence-electron chi connectivity index (χ2n) is 6.39. The Labute approximate surface area is 151 Å². The minimum atomic E-state index is -1.04. The van der Waals surface area contributed by atoms with E-state index in [2.05, 4.69) is 0 Å². The van der Waals surface area contributed by atoms with Gasteiger partial charge in [0.1, 0.15) is 5.75 Å². The van der Waals surface area contributed by atoms with Gasteiger partial charge in [-0.3, -0.25) is 14.4 Å². The molecule has 2 rings (SSSR count). The van der Waals surface area contributed by atoms with Gasteiger partial charge in [0, 0.05) is 31.6 Å². The van der Waals surface area contributed by atoms with Gasteiger partial charge in [0.2, 0.25) is 5.91 Å². The van der Waals surface area contributed by atoms with E-state index in [4.69, 9.17) is 21.4 Å². The van der Waals surface area contributed by atoms with E-state index in [1.54, 1.807) is 39.1 Å². The molecule has 136 valence electrons. The standard InChI is InChI=1S/C17H21ClN2O5/c1-17(2)16(24)20(12-10-11(18)4-5-13(12)25-17)9-6-14(21)19(3)8-7-15(22)23/h4-5,10H,6-9H2,1-3H3,(H,22,23). The average molecular weight is 369 g/mol. The Morgan fingerprint density at radius 2 is 2.00 bits per heavy atom. The average Bonchev–Trinajstić information content (AvgIpc) is 2.53. The van der Waals surface area contributed by atoms with Crippen LogP contribution >= 0.6 is 11.6 Å². The predicted molar refractivity (Wildman–Crippen MR) is 93.0 cm³/mol. The lowest BCUT2D eigenvalue weighted by Crippen LogP contribution is -2.53. The zero-order valence-corrected chi connectivity index (χ0v) is 15.2. The van der Waals surface area contributed by atoms with Crippen molar-refractivity contribution in [2.75, 3.05) is 25.0 Å². The summed E-state index contributed by atoms with van der Waals surface area (Å²) in [4.78, 5) is 38.3. The largest absolute Gasteiger partial charge is 0.481 e. The summed E-state index contributed by atoms with van der Waals surface area (Å²) in [6.07, 6.45) is -0.0475. The van der Waals surface area contributed by atoms with Crippen LogP contribution < -0.4 is 9.64 Å². The first kappa shape index (κ1) is 19.1. The molecular formula is C17H21ClN2O5. The number of nitrogens with zero attached hydrogens (tertiary/aromatic N) is 2. The molecule has 0 aliphatic carbocycles. The zero-order chi connectivity index (χ0) is 18.8. The first-order valence-corrected chi connectivity index (χ1v) is 8.26. The van der Waals surface area contributed by atoms with Crippen molar-refractivity contribution in [3.05, 3.63) is 23.2 Å². The van der Waals surface area contributed by atoms with Gasteiger partial charge in [-0.2, -0.15) is 0 Å². The maximum atomic E-state index is 12.7. The number of hydrogen-bond acceptors (Lipinski definition) is 4. The van der Waals surface area contributed by atoms with Crippen molar-refractivity contribution in [1.29, 1.82) is 0 Å². The van der Waals surface area contributed by atoms with Gasteiger partial charge in [-0.1, -0.05) is 11.6 Å². The van der Waals surface area contributed by atoms with Crippen molar-refractivity contribution in [2.45, 2.75) is 32.3 Å². The number of anilines is 1. The highest BCUT2D eigenvalue weighted by Crippen LogP contribution is 2.39. The van der Waals surface area contributed by atoms with Crippen molar-refractivity contribution in [1.82, 2.24) is 4.90 Å². The Bertz CT molecular complexity index is 704. The lowest BCUT2D eigenvalue weighted by atomic mass is 10.0. The highest BCUT2D eigenvalue weighted by molar-refractivity contribution is 6.31. The van der Waals surface area contributed by atoms with Gasteiger partial charge in [0.05, 0.1) is 12.1 Å². The molecule has 0 bridgehead atoms. The van der Waals surface area contributed by atoms with Crippen LogP contribution in [-0.2, 0) is 14.4 Å². The number of amides is 2. The number of carboxylic acids is 1. The quantitative estimate of drug-likeness (QED) is 0.831. The molecule has 0 saturated carbocycles. The minimum Gasteiger partial charge on any atom is -0.481 e. The fourth-order valence-electron chi connectivity index (χ4n) is 2.55. The molecule has 1 aromatic rings. The van der Waals surface area contributed by atoms with Crippen LogP contribution in [0.5, 0.6) is 5.75 Å². The van der Waals surface area contributed by atoms with Crippen molar-refractivity contribution < 1.29 is 24.2 Å². The molecule has 2 amide bonds. The number of rotatable bonds is 6. The molecule has 25 heavy (non-hydrogen) atoms. The monoisotopic (exact) mass is 368 g/mol. The maximum Gasteiger partial charge on any atom is 0.305 e. The third-order valence-corrected chi connectivity index (χ3v) is 4.21. The van der Waals surface area contributed by atoms with Gasteiger partial charge in [0.15, 0.2) is 5.60 Å². The van der Waals surface area contributed by atoms with Crippen molar-refractivity contribution >= 4 is 35.1 Å². The van der Waals surface area contributed by atoms with Crippen LogP contribution in [0.15, 0.2) is 18.2 Å².